The molecule has 0 unspecified atom stereocenters. The molecule has 1 fully saturated rings. The molecule has 2 heterocycles. The van der Waals surface area contributed by atoms with Crippen LogP contribution >= 0.6 is 11.8 Å². The first-order chi connectivity index (χ1) is 11.9. The highest BCUT2D eigenvalue weighted by Crippen LogP contribution is 2.42. The van der Waals surface area contributed by atoms with Crippen LogP contribution in [0.2, 0.25) is 0 Å². The topological polar surface area (TPSA) is 59.8 Å². The maximum absolute atomic E-state index is 12.9. The number of carbonyl (C=O) groups is 1. The Hall–Kier alpha value is -2.03. The number of hydrogen-bond donors (Lipinski definition) is 1. The normalized spacial score (nSPS) is 14.6. The predicted molar refractivity (Wildman–Crippen MR) is 87.6 cm³/mol. The highest BCUT2D eigenvalue weighted by atomic mass is 32.2. The predicted octanol–water partition coefficient (Wildman–Crippen LogP) is 3.33. The smallest absolute Gasteiger partial charge is 0.350 e. The fourth-order valence-corrected chi connectivity index (χ4v) is 3.10. The van der Waals surface area contributed by atoms with Crippen molar-refractivity contribution in [1.29, 1.82) is 0 Å². The van der Waals surface area contributed by atoms with Crippen LogP contribution in [0, 0.1) is 0 Å². The third kappa shape index (κ3) is 4.15. The van der Waals surface area contributed by atoms with Gasteiger partial charge in [0.05, 0.1) is 12.1 Å². The number of nitrogens with zero attached hydrogens (tertiary/aromatic N) is 3. The largest absolute Gasteiger partial charge is 0.435 e. The first-order valence-corrected chi connectivity index (χ1v) is 9.04. The number of hydrogen-bond acceptors (Lipinski definition) is 4. The van der Waals surface area contributed by atoms with Crippen LogP contribution in [0.3, 0.4) is 0 Å². The molecule has 1 saturated carbocycles. The van der Waals surface area contributed by atoms with Crippen LogP contribution in [0.1, 0.15) is 40.5 Å². The number of aromatic nitrogens is 3. The Balaban J connectivity index is 1.66. The Morgan fingerprint density at radius 2 is 2.20 bits per heavy atom. The average molecular weight is 370 g/mol. The van der Waals surface area contributed by atoms with Gasteiger partial charge in [0.15, 0.2) is 5.69 Å². The van der Waals surface area contributed by atoms with Crippen molar-refractivity contribution in [2.45, 2.75) is 36.5 Å². The highest BCUT2D eigenvalue weighted by molar-refractivity contribution is 7.98. The van der Waals surface area contributed by atoms with E-state index in [1.54, 1.807) is 18.3 Å². The maximum atomic E-state index is 12.9. The van der Waals surface area contributed by atoms with E-state index in [1.165, 1.54) is 16.4 Å². The Morgan fingerprint density at radius 1 is 1.44 bits per heavy atom. The van der Waals surface area contributed by atoms with E-state index in [9.17, 15) is 18.0 Å². The highest BCUT2D eigenvalue weighted by Gasteiger charge is 2.37. The Bertz CT molecular complexity index is 771. The van der Waals surface area contributed by atoms with Crippen LogP contribution in [0.25, 0.3) is 0 Å². The van der Waals surface area contributed by atoms with Gasteiger partial charge in [-0.25, -0.2) is 4.98 Å². The molecular formula is C16H17F3N4OS. The van der Waals surface area contributed by atoms with Crippen molar-refractivity contribution in [3.8, 4) is 0 Å². The summed E-state index contributed by atoms with van der Waals surface area (Å²) >= 11 is 1.36. The van der Waals surface area contributed by atoms with Crippen molar-refractivity contribution >= 4 is 17.7 Å². The number of nitrogens with one attached hydrogen (secondary N) is 1. The van der Waals surface area contributed by atoms with Gasteiger partial charge in [0.2, 0.25) is 0 Å². The van der Waals surface area contributed by atoms with E-state index in [4.69, 9.17) is 0 Å². The van der Waals surface area contributed by atoms with Gasteiger partial charge in [-0.05, 0) is 37.3 Å². The van der Waals surface area contributed by atoms with Gasteiger partial charge in [0, 0.05) is 24.4 Å². The monoisotopic (exact) mass is 370 g/mol. The van der Waals surface area contributed by atoms with Crippen LogP contribution in [-0.4, -0.2) is 33.5 Å². The minimum atomic E-state index is -4.46. The lowest BCUT2D eigenvalue weighted by molar-refractivity contribution is -0.141. The van der Waals surface area contributed by atoms with E-state index in [0.717, 1.165) is 18.9 Å². The zero-order valence-corrected chi connectivity index (χ0v) is 14.3. The molecule has 5 nitrogen and oxygen atoms in total. The molecule has 0 aliphatic heterocycles. The molecule has 1 aliphatic carbocycles. The van der Waals surface area contributed by atoms with Crippen molar-refractivity contribution < 1.29 is 18.0 Å². The summed E-state index contributed by atoms with van der Waals surface area (Å²) in [5.74, 6) is -0.158. The molecule has 3 rings (SSSR count). The third-order valence-electron chi connectivity index (χ3n) is 3.92. The molecule has 134 valence electrons. The fraction of sp³-hybridized carbons (Fsp3) is 0.438. The standard InChI is InChI=1S/C16H17F3N4OS/c1-25-15-11(3-2-6-21-15)14(24)20-7-8-23-12(10-4-5-10)9-13(22-23)16(17,18)19/h2-3,6,9-10H,4-5,7-8H2,1H3,(H,20,24). The first-order valence-electron chi connectivity index (χ1n) is 7.82. The molecule has 2 aromatic heterocycles. The second-order valence-corrected chi connectivity index (χ2v) is 6.56. The van der Waals surface area contributed by atoms with Gasteiger partial charge in [-0.3, -0.25) is 9.48 Å². The molecule has 1 N–H and O–H groups in total. The van der Waals surface area contributed by atoms with Gasteiger partial charge in [0.1, 0.15) is 5.03 Å². The van der Waals surface area contributed by atoms with Crippen molar-refractivity contribution in [3.63, 3.8) is 0 Å². The van der Waals surface area contributed by atoms with Crippen LogP contribution in [0.15, 0.2) is 29.4 Å². The van der Waals surface area contributed by atoms with Crippen LogP contribution in [0.5, 0.6) is 0 Å². The SMILES string of the molecule is CSc1ncccc1C(=O)NCCn1nc(C(F)(F)F)cc1C1CC1. The number of amides is 1. The van der Waals surface area contributed by atoms with Crippen molar-refractivity contribution in [3.05, 3.63) is 41.3 Å². The van der Waals surface area contributed by atoms with E-state index in [2.05, 4.69) is 15.4 Å². The lowest BCUT2D eigenvalue weighted by atomic mass is 10.2. The third-order valence-corrected chi connectivity index (χ3v) is 4.63. The van der Waals surface area contributed by atoms with Crippen molar-refractivity contribution in [2.24, 2.45) is 0 Å². The summed E-state index contributed by atoms with van der Waals surface area (Å²) in [6.45, 7) is 0.392. The van der Waals surface area contributed by atoms with E-state index < -0.39 is 11.9 Å². The summed E-state index contributed by atoms with van der Waals surface area (Å²) < 4.78 is 40.0. The molecule has 0 bridgehead atoms. The van der Waals surface area contributed by atoms with Gasteiger partial charge in [-0.1, -0.05) is 0 Å². The second kappa shape index (κ2) is 7.07. The number of thioether (sulfide) groups is 1. The summed E-state index contributed by atoms with van der Waals surface area (Å²) in [6.07, 6.45) is 0.724. The second-order valence-electron chi connectivity index (χ2n) is 5.77. The van der Waals surface area contributed by atoms with E-state index in [1.807, 2.05) is 6.26 Å². The summed E-state index contributed by atoms with van der Waals surface area (Å²) in [4.78, 5) is 16.4. The summed E-state index contributed by atoms with van der Waals surface area (Å²) in [6, 6.07) is 4.45. The average Bonchev–Trinajstić information content (AvgIpc) is 3.33. The molecule has 0 aromatic carbocycles. The number of alkyl halides is 3. The zero-order valence-electron chi connectivity index (χ0n) is 13.5. The summed E-state index contributed by atoms with van der Waals surface area (Å²) in [7, 11) is 0. The molecule has 0 atom stereocenters. The van der Waals surface area contributed by atoms with Gasteiger partial charge >= 0.3 is 6.18 Å². The minimum absolute atomic E-state index is 0.140. The fourth-order valence-electron chi connectivity index (χ4n) is 2.55. The van der Waals surface area contributed by atoms with E-state index in [-0.39, 0.29) is 24.9 Å². The number of halogens is 3. The molecule has 1 aliphatic rings. The van der Waals surface area contributed by atoms with Crippen molar-refractivity contribution in [2.75, 3.05) is 12.8 Å². The van der Waals surface area contributed by atoms with Gasteiger partial charge in [0.25, 0.3) is 5.91 Å². The van der Waals surface area contributed by atoms with Gasteiger partial charge in [-0.2, -0.15) is 18.3 Å². The molecule has 0 saturated heterocycles. The zero-order chi connectivity index (χ0) is 18.0. The molecule has 25 heavy (non-hydrogen) atoms. The van der Waals surface area contributed by atoms with Gasteiger partial charge < -0.3 is 5.32 Å². The van der Waals surface area contributed by atoms with Crippen LogP contribution in [0.4, 0.5) is 13.2 Å². The molecular weight excluding hydrogens is 353 g/mol. The molecule has 1 amide bonds. The minimum Gasteiger partial charge on any atom is -0.350 e. The molecule has 0 radical (unpaired) electrons. The summed E-state index contributed by atoms with van der Waals surface area (Å²) in [5.41, 5.74) is 0.166. The quantitative estimate of drug-likeness (QED) is 0.793. The van der Waals surface area contributed by atoms with E-state index >= 15 is 0 Å². The van der Waals surface area contributed by atoms with E-state index in [0.29, 0.717) is 16.3 Å². The molecule has 9 heteroatoms. The number of carbonyl (C=O) groups excluding carboxylic acids is 1. The van der Waals surface area contributed by atoms with Crippen molar-refractivity contribution in [1.82, 2.24) is 20.1 Å². The van der Waals surface area contributed by atoms with Gasteiger partial charge in [-0.15, -0.1) is 11.8 Å². The lowest BCUT2D eigenvalue weighted by Crippen LogP contribution is -2.28. The Kier molecular flexibility index (Phi) is 5.03. The molecule has 0 spiro atoms. The maximum Gasteiger partial charge on any atom is 0.435 e. The summed E-state index contributed by atoms with van der Waals surface area (Å²) in [5, 5.41) is 7.00. The molecule has 2 aromatic rings. The first kappa shape index (κ1) is 17.8. The number of rotatable bonds is 6. The lowest BCUT2D eigenvalue weighted by Gasteiger charge is -2.10. The Morgan fingerprint density at radius 3 is 2.84 bits per heavy atom. The van der Waals surface area contributed by atoms with Crippen LogP contribution in [-0.2, 0) is 12.7 Å². The number of pyridine rings is 1. The Labute approximate surface area is 147 Å². The van der Waals surface area contributed by atoms with Crippen LogP contribution < -0.4 is 5.32 Å².